The van der Waals surface area contributed by atoms with E-state index in [0.29, 0.717) is 24.7 Å². The molecule has 1 fully saturated rings. The van der Waals surface area contributed by atoms with Crippen molar-refractivity contribution in [2.24, 2.45) is 0 Å². The molecule has 0 radical (unpaired) electrons. The molecule has 5 heteroatoms. The Balaban J connectivity index is 2.12. The van der Waals surface area contributed by atoms with Crippen LogP contribution in [0.15, 0.2) is 4.42 Å². The number of nitrogens with one attached hydrogen (secondary N) is 1. The molecule has 2 heterocycles. The Bertz CT molecular complexity index is 321. The maximum Gasteiger partial charge on any atom is 0.221 e. The van der Waals surface area contributed by atoms with Gasteiger partial charge in [-0.2, -0.15) is 0 Å². The summed E-state index contributed by atoms with van der Waals surface area (Å²) in [4.78, 5) is 10.9. The third kappa shape index (κ3) is 1.54. The van der Waals surface area contributed by atoms with Crippen LogP contribution in [-0.4, -0.2) is 22.6 Å². The second-order valence-corrected chi connectivity index (χ2v) is 3.09. The highest BCUT2D eigenvalue weighted by Crippen LogP contribution is 2.21. The first-order chi connectivity index (χ1) is 6.29. The summed E-state index contributed by atoms with van der Waals surface area (Å²) in [7, 11) is 0. The molecule has 1 aromatic heterocycles. The minimum absolute atomic E-state index is 0.0567. The van der Waals surface area contributed by atoms with Crippen molar-refractivity contribution in [3.8, 4) is 0 Å². The zero-order valence-electron chi connectivity index (χ0n) is 7.41. The molecule has 1 aliphatic rings. The predicted octanol–water partition coefficient (Wildman–Crippen LogP) is 0.235. The molecule has 0 bridgehead atoms. The van der Waals surface area contributed by atoms with Crippen LogP contribution in [0.2, 0.25) is 0 Å². The normalized spacial score (nSPS) is 21.9. The summed E-state index contributed by atoms with van der Waals surface area (Å²) in [6.07, 6.45) is 1.20. The molecular weight excluding hydrogens is 170 g/mol. The summed E-state index contributed by atoms with van der Waals surface area (Å²) >= 11 is 0. The highest BCUT2D eigenvalue weighted by Gasteiger charge is 2.27. The highest BCUT2D eigenvalue weighted by molar-refractivity contribution is 5.79. The molecule has 1 aromatic rings. The molecule has 0 aromatic carbocycles. The van der Waals surface area contributed by atoms with E-state index >= 15 is 0 Å². The monoisotopic (exact) mass is 181 g/mol. The minimum atomic E-state index is 0.0567. The second kappa shape index (κ2) is 3.16. The number of hydrogen-bond acceptors (Lipinski definition) is 4. The van der Waals surface area contributed by atoms with Crippen LogP contribution in [0, 0.1) is 0 Å². The van der Waals surface area contributed by atoms with Crippen LogP contribution in [0.4, 0.5) is 0 Å². The van der Waals surface area contributed by atoms with E-state index < -0.39 is 0 Å². The summed E-state index contributed by atoms with van der Waals surface area (Å²) in [6.45, 7) is 2.57. The topological polar surface area (TPSA) is 68.0 Å². The molecular formula is C8H11N3O2. The summed E-state index contributed by atoms with van der Waals surface area (Å²) < 4.78 is 5.35. The number of aromatic nitrogens is 2. The van der Waals surface area contributed by atoms with E-state index in [-0.39, 0.29) is 11.8 Å². The van der Waals surface area contributed by atoms with Crippen molar-refractivity contribution in [1.29, 1.82) is 0 Å². The van der Waals surface area contributed by atoms with E-state index in [1.807, 2.05) is 6.92 Å². The van der Waals surface area contributed by atoms with Crippen molar-refractivity contribution in [3.63, 3.8) is 0 Å². The third-order valence-corrected chi connectivity index (χ3v) is 2.11. The van der Waals surface area contributed by atoms with E-state index in [1.54, 1.807) is 0 Å². The average molecular weight is 181 g/mol. The fourth-order valence-corrected chi connectivity index (χ4v) is 1.35. The molecule has 0 aliphatic carbocycles. The zero-order chi connectivity index (χ0) is 9.26. The van der Waals surface area contributed by atoms with Gasteiger partial charge in [0.15, 0.2) is 0 Å². The molecule has 13 heavy (non-hydrogen) atoms. The van der Waals surface area contributed by atoms with Gasteiger partial charge in [-0.25, -0.2) is 0 Å². The maximum atomic E-state index is 10.9. The number of aryl methyl sites for hydroxylation is 1. The number of rotatable bonds is 2. The Labute approximate surface area is 75.5 Å². The Hall–Kier alpha value is -1.39. The molecule has 2 rings (SSSR count). The van der Waals surface area contributed by atoms with Crippen LogP contribution >= 0.6 is 0 Å². The van der Waals surface area contributed by atoms with Gasteiger partial charge in [0.1, 0.15) is 0 Å². The van der Waals surface area contributed by atoms with Gasteiger partial charge < -0.3 is 9.73 Å². The van der Waals surface area contributed by atoms with Gasteiger partial charge in [-0.05, 0) is 0 Å². The van der Waals surface area contributed by atoms with Gasteiger partial charge >= 0.3 is 0 Å². The molecule has 0 saturated carbocycles. The lowest BCUT2D eigenvalue weighted by Crippen LogP contribution is -2.13. The summed E-state index contributed by atoms with van der Waals surface area (Å²) in [5.41, 5.74) is 0. The number of carbonyl (C=O) groups excluding carboxylic acids is 1. The molecule has 1 aliphatic heterocycles. The first-order valence-electron chi connectivity index (χ1n) is 4.38. The number of amides is 1. The lowest BCUT2D eigenvalue weighted by Gasteiger charge is -1.97. The van der Waals surface area contributed by atoms with Crippen molar-refractivity contribution < 1.29 is 9.21 Å². The standard InChI is InChI=1S/C8H11N3O2/c1-2-7-10-11-8(13-7)5-3-6(12)9-4-5/h5H,2-4H2,1H3,(H,9,12). The van der Waals surface area contributed by atoms with Gasteiger partial charge in [-0.3, -0.25) is 4.79 Å². The predicted molar refractivity (Wildman–Crippen MR) is 44.0 cm³/mol. The number of carbonyl (C=O) groups is 1. The van der Waals surface area contributed by atoms with Crippen LogP contribution in [0.25, 0.3) is 0 Å². The lowest BCUT2D eigenvalue weighted by molar-refractivity contribution is -0.119. The molecule has 1 N–H and O–H groups in total. The van der Waals surface area contributed by atoms with Gasteiger partial charge in [0.2, 0.25) is 17.7 Å². The van der Waals surface area contributed by atoms with E-state index in [2.05, 4.69) is 15.5 Å². The van der Waals surface area contributed by atoms with Gasteiger partial charge in [-0.15, -0.1) is 10.2 Å². The fourth-order valence-electron chi connectivity index (χ4n) is 1.35. The maximum absolute atomic E-state index is 10.9. The number of hydrogen-bond donors (Lipinski definition) is 1. The van der Waals surface area contributed by atoms with Crippen molar-refractivity contribution in [2.45, 2.75) is 25.7 Å². The molecule has 1 atom stereocenters. The van der Waals surface area contributed by atoms with E-state index in [0.717, 1.165) is 6.42 Å². The van der Waals surface area contributed by atoms with Crippen LogP contribution in [0.3, 0.4) is 0 Å². The molecule has 1 amide bonds. The minimum Gasteiger partial charge on any atom is -0.425 e. The molecule has 1 unspecified atom stereocenters. The molecule has 5 nitrogen and oxygen atoms in total. The van der Waals surface area contributed by atoms with Gasteiger partial charge in [0, 0.05) is 19.4 Å². The van der Waals surface area contributed by atoms with E-state index in [4.69, 9.17) is 4.42 Å². The first-order valence-corrected chi connectivity index (χ1v) is 4.38. The van der Waals surface area contributed by atoms with Crippen LogP contribution in [0.1, 0.15) is 31.0 Å². The SMILES string of the molecule is CCc1nnc(C2CNC(=O)C2)o1. The Morgan fingerprint density at radius 2 is 2.46 bits per heavy atom. The van der Waals surface area contributed by atoms with Crippen LogP contribution in [0.5, 0.6) is 0 Å². The van der Waals surface area contributed by atoms with Crippen LogP contribution in [-0.2, 0) is 11.2 Å². The summed E-state index contributed by atoms with van der Waals surface area (Å²) in [5.74, 6) is 1.34. The lowest BCUT2D eigenvalue weighted by atomic mass is 10.1. The van der Waals surface area contributed by atoms with Crippen molar-refractivity contribution in [2.75, 3.05) is 6.54 Å². The first kappa shape index (κ1) is 8.22. The number of nitrogens with zero attached hydrogens (tertiary/aromatic N) is 2. The Kier molecular flexibility index (Phi) is 2.00. The van der Waals surface area contributed by atoms with Gasteiger partial charge in [-0.1, -0.05) is 6.92 Å². The molecule has 1 saturated heterocycles. The Morgan fingerprint density at radius 3 is 3.00 bits per heavy atom. The largest absolute Gasteiger partial charge is 0.425 e. The van der Waals surface area contributed by atoms with E-state index in [9.17, 15) is 4.79 Å². The van der Waals surface area contributed by atoms with Crippen LogP contribution < -0.4 is 5.32 Å². The Morgan fingerprint density at radius 1 is 1.62 bits per heavy atom. The van der Waals surface area contributed by atoms with Gasteiger partial charge in [0.05, 0.1) is 5.92 Å². The zero-order valence-corrected chi connectivity index (χ0v) is 7.41. The fraction of sp³-hybridized carbons (Fsp3) is 0.625. The van der Waals surface area contributed by atoms with E-state index in [1.165, 1.54) is 0 Å². The van der Waals surface area contributed by atoms with Gasteiger partial charge in [0.25, 0.3) is 0 Å². The smallest absolute Gasteiger partial charge is 0.221 e. The van der Waals surface area contributed by atoms with Crippen molar-refractivity contribution in [3.05, 3.63) is 11.8 Å². The molecule has 0 spiro atoms. The average Bonchev–Trinajstić information content (AvgIpc) is 2.71. The summed E-state index contributed by atoms with van der Waals surface area (Å²) in [5, 5.41) is 10.5. The second-order valence-electron chi connectivity index (χ2n) is 3.09. The quantitative estimate of drug-likeness (QED) is 0.709. The third-order valence-electron chi connectivity index (χ3n) is 2.11. The van der Waals surface area contributed by atoms with Crippen molar-refractivity contribution >= 4 is 5.91 Å². The molecule has 70 valence electrons. The van der Waals surface area contributed by atoms with Crippen molar-refractivity contribution in [1.82, 2.24) is 15.5 Å². The summed E-state index contributed by atoms with van der Waals surface area (Å²) in [6, 6.07) is 0. The highest BCUT2D eigenvalue weighted by atomic mass is 16.4.